The van der Waals surface area contributed by atoms with Crippen molar-refractivity contribution in [2.45, 2.75) is 46.1 Å². The molecule has 0 saturated carbocycles. The summed E-state index contributed by atoms with van der Waals surface area (Å²) in [5, 5.41) is 6.06. The molecule has 2 N–H and O–H groups in total. The van der Waals surface area contributed by atoms with Crippen molar-refractivity contribution >= 4 is 29.9 Å². The smallest absolute Gasteiger partial charge is 0.244 e. The van der Waals surface area contributed by atoms with E-state index in [0.717, 1.165) is 25.9 Å². The third-order valence-electron chi connectivity index (χ3n) is 5.07. The molecule has 1 fully saturated rings. The minimum absolute atomic E-state index is 0. The highest BCUT2D eigenvalue weighted by Gasteiger charge is 2.26. The van der Waals surface area contributed by atoms with Crippen LogP contribution in [0.1, 0.15) is 40.0 Å². The zero-order valence-corrected chi connectivity index (χ0v) is 17.2. The highest BCUT2D eigenvalue weighted by Crippen LogP contribution is 2.25. The third kappa shape index (κ3) is 7.46. The maximum atomic E-state index is 13.0. The Labute approximate surface area is 167 Å². The van der Waals surface area contributed by atoms with Gasteiger partial charge in [-0.2, -0.15) is 0 Å². The predicted octanol–water partition coefficient (Wildman–Crippen LogP) is 3.45. The lowest BCUT2D eigenvalue weighted by Crippen LogP contribution is -2.43. The van der Waals surface area contributed by atoms with Crippen LogP contribution in [0.4, 0.5) is 10.1 Å². The molecule has 0 spiro atoms. The van der Waals surface area contributed by atoms with E-state index in [-0.39, 0.29) is 42.6 Å². The van der Waals surface area contributed by atoms with E-state index in [1.165, 1.54) is 24.3 Å². The summed E-state index contributed by atoms with van der Waals surface area (Å²) in [6.45, 7) is 7.99. The van der Waals surface area contributed by atoms with E-state index in [2.05, 4.69) is 17.6 Å². The minimum atomic E-state index is -0.353. The highest BCUT2D eigenvalue weighted by molar-refractivity contribution is 5.94. The average Bonchev–Trinajstić information content (AvgIpc) is 2.62. The first-order chi connectivity index (χ1) is 12.4. The molecule has 7 heteroatoms. The quantitative estimate of drug-likeness (QED) is 0.738. The number of rotatable bonds is 7. The summed E-state index contributed by atoms with van der Waals surface area (Å²) in [5.74, 6) is 0.260. The minimum Gasteiger partial charge on any atom is -0.331 e. The number of amides is 2. The predicted molar refractivity (Wildman–Crippen MR) is 109 cm³/mol. The number of nitrogens with zero attached hydrogens (tertiary/aromatic N) is 1. The second kappa shape index (κ2) is 11.2. The van der Waals surface area contributed by atoms with E-state index < -0.39 is 0 Å². The van der Waals surface area contributed by atoms with Gasteiger partial charge in [0.05, 0.1) is 0 Å². The lowest BCUT2D eigenvalue weighted by atomic mass is 9.84. The SMILES string of the molecule is CC(CC(=O)N(CC(=O)Nc1ccc(F)cc1)C(C)C)C1CCNCC1.Cl. The van der Waals surface area contributed by atoms with Gasteiger partial charge in [0.25, 0.3) is 0 Å². The van der Waals surface area contributed by atoms with E-state index in [4.69, 9.17) is 0 Å². The molecule has 1 aromatic carbocycles. The van der Waals surface area contributed by atoms with Crippen LogP contribution in [0.3, 0.4) is 0 Å². The lowest BCUT2D eigenvalue weighted by Gasteiger charge is -2.31. The van der Waals surface area contributed by atoms with Crippen molar-refractivity contribution in [1.29, 1.82) is 0 Å². The fourth-order valence-corrected chi connectivity index (χ4v) is 3.42. The number of hydrogen-bond donors (Lipinski definition) is 2. The molecule has 5 nitrogen and oxygen atoms in total. The molecule has 2 amide bonds. The van der Waals surface area contributed by atoms with E-state index in [1.807, 2.05) is 13.8 Å². The first-order valence-electron chi connectivity index (χ1n) is 9.42. The Balaban J connectivity index is 0.00000364. The van der Waals surface area contributed by atoms with Crippen LogP contribution in [-0.4, -0.2) is 42.4 Å². The first-order valence-corrected chi connectivity index (χ1v) is 9.42. The zero-order chi connectivity index (χ0) is 19.1. The number of carbonyl (C=O) groups excluding carboxylic acids is 2. The fourth-order valence-electron chi connectivity index (χ4n) is 3.42. The average molecular weight is 400 g/mol. The van der Waals surface area contributed by atoms with Gasteiger partial charge in [-0.15, -0.1) is 12.4 Å². The topological polar surface area (TPSA) is 61.4 Å². The fraction of sp³-hybridized carbons (Fsp3) is 0.600. The van der Waals surface area contributed by atoms with Crippen molar-refractivity contribution in [2.24, 2.45) is 11.8 Å². The van der Waals surface area contributed by atoms with Gasteiger partial charge in [-0.3, -0.25) is 9.59 Å². The van der Waals surface area contributed by atoms with Crippen LogP contribution in [0, 0.1) is 17.7 Å². The molecule has 2 rings (SSSR count). The van der Waals surface area contributed by atoms with Crippen LogP contribution in [-0.2, 0) is 9.59 Å². The Morgan fingerprint density at radius 2 is 1.78 bits per heavy atom. The highest BCUT2D eigenvalue weighted by atomic mass is 35.5. The molecule has 1 saturated heterocycles. The molecule has 1 atom stereocenters. The number of carbonyl (C=O) groups is 2. The molecule has 1 aromatic rings. The van der Waals surface area contributed by atoms with Gasteiger partial charge in [-0.05, 0) is 75.9 Å². The van der Waals surface area contributed by atoms with Crippen LogP contribution in [0.15, 0.2) is 24.3 Å². The lowest BCUT2D eigenvalue weighted by molar-refractivity contribution is -0.137. The molecular weight excluding hydrogens is 369 g/mol. The molecule has 27 heavy (non-hydrogen) atoms. The van der Waals surface area contributed by atoms with E-state index >= 15 is 0 Å². The van der Waals surface area contributed by atoms with Crippen molar-refractivity contribution in [1.82, 2.24) is 10.2 Å². The summed E-state index contributed by atoms with van der Waals surface area (Å²) in [6.07, 6.45) is 2.66. The van der Waals surface area contributed by atoms with Crippen LogP contribution in [0.25, 0.3) is 0 Å². The number of hydrogen-bond acceptors (Lipinski definition) is 3. The number of benzene rings is 1. The first kappa shape index (κ1) is 23.4. The normalized spacial score (nSPS) is 15.7. The number of nitrogens with one attached hydrogen (secondary N) is 2. The Bertz CT molecular complexity index is 604. The molecule has 0 aromatic heterocycles. The van der Waals surface area contributed by atoms with Crippen molar-refractivity contribution in [3.05, 3.63) is 30.1 Å². The van der Waals surface area contributed by atoms with Gasteiger partial charge in [-0.1, -0.05) is 6.92 Å². The summed E-state index contributed by atoms with van der Waals surface area (Å²) >= 11 is 0. The maximum Gasteiger partial charge on any atom is 0.244 e. The maximum absolute atomic E-state index is 13.0. The Kier molecular flexibility index (Phi) is 9.74. The Morgan fingerprint density at radius 3 is 2.33 bits per heavy atom. The molecule has 1 aliphatic rings. The standard InChI is InChI=1S/C20H30FN3O2.ClH/c1-14(2)24(13-19(25)23-18-6-4-17(21)5-7-18)20(26)12-15(3)16-8-10-22-11-9-16;/h4-7,14-16,22H,8-13H2,1-3H3,(H,23,25);1H. The van der Waals surface area contributed by atoms with Crippen molar-refractivity contribution in [3.8, 4) is 0 Å². The molecule has 0 radical (unpaired) electrons. The van der Waals surface area contributed by atoms with Crippen molar-refractivity contribution in [2.75, 3.05) is 25.0 Å². The number of anilines is 1. The monoisotopic (exact) mass is 399 g/mol. The van der Waals surface area contributed by atoms with Gasteiger partial charge in [-0.25, -0.2) is 4.39 Å². The Morgan fingerprint density at radius 1 is 1.19 bits per heavy atom. The van der Waals surface area contributed by atoms with E-state index in [0.29, 0.717) is 23.9 Å². The molecule has 1 aliphatic heterocycles. The van der Waals surface area contributed by atoms with Crippen LogP contribution >= 0.6 is 12.4 Å². The van der Waals surface area contributed by atoms with Crippen LogP contribution in [0.2, 0.25) is 0 Å². The van der Waals surface area contributed by atoms with Gasteiger partial charge in [0.2, 0.25) is 11.8 Å². The molecule has 1 heterocycles. The number of halogens is 2. The molecule has 0 aliphatic carbocycles. The van der Waals surface area contributed by atoms with E-state index in [9.17, 15) is 14.0 Å². The van der Waals surface area contributed by atoms with Crippen LogP contribution < -0.4 is 10.6 Å². The van der Waals surface area contributed by atoms with E-state index in [1.54, 1.807) is 4.90 Å². The molecule has 1 unspecified atom stereocenters. The third-order valence-corrected chi connectivity index (χ3v) is 5.07. The number of piperidine rings is 1. The van der Waals surface area contributed by atoms with Gasteiger partial charge in [0.1, 0.15) is 12.4 Å². The second-order valence-electron chi connectivity index (χ2n) is 7.44. The Hall–Kier alpha value is -1.66. The summed E-state index contributed by atoms with van der Waals surface area (Å²) in [6, 6.07) is 5.55. The summed E-state index contributed by atoms with van der Waals surface area (Å²) < 4.78 is 13.0. The van der Waals surface area contributed by atoms with Gasteiger partial charge < -0.3 is 15.5 Å². The van der Waals surface area contributed by atoms with Gasteiger partial charge in [0, 0.05) is 18.2 Å². The summed E-state index contributed by atoms with van der Waals surface area (Å²) in [4.78, 5) is 26.7. The van der Waals surface area contributed by atoms with Crippen molar-refractivity contribution in [3.63, 3.8) is 0 Å². The second-order valence-corrected chi connectivity index (χ2v) is 7.44. The summed E-state index contributed by atoms with van der Waals surface area (Å²) in [7, 11) is 0. The van der Waals surface area contributed by atoms with Crippen molar-refractivity contribution < 1.29 is 14.0 Å². The van der Waals surface area contributed by atoms with Gasteiger partial charge >= 0.3 is 0 Å². The molecular formula is C20H31ClFN3O2. The molecule has 152 valence electrons. The largest absolute Gasteiger partial charge is 0.331 e. The van der Waals surface area contributed by atoms with Crippen LogP contribution in [0.5, 0.6) is 0 Å². The molecule has 0 bridgehead atoms. The zero-order valence-electron chi connectivity index (χ0n) is 16.3. The summed E-state index contributed by atoms with van der Waals surface area (Å²) in [5.41, 5.74) is 0.524. The van der Waals surface area contributed by atoms with Gasteiger partial charge in [0.15, 0.2) is 0 Å².